The van der Waals surface area contributed by atoms with Crippen molar-refractivity contribution in [1.29, 1.82) is 0 Å². The topological polar surface area (TPSA) is 102 Å². The zero-order chi connectivity index (χ0) is 18.8. The molecule has 2 amide bonds. The minimum atomic E-state index is -0.199. The van der Waals surface area contributed by atoms with Crippen molar-refractivity contribution in [2.45, 2.75) is 32.4 Å². The van der Waals surface area contributed by atoms with E-state index < -0.39 is 0 Å². The maximum atomic E-state index is 12.2. The number of hydrogen-bond donors (Lipinski definition) is 2. The van der Waals surface area contributed by atoms with Crippen LogP contribution < -0.4 is 10.6 Å². The van der Waals surface area contributed by atoms with Gasteiger partial charge < -0.3 is 15.1 Å². The molecule has 27 heavy (non-hydrogen) atoms. The van der Waals surface area contributed by atoms with Gasteiger partial charge in [0.2, 0.25) is 0 Å². The Hall–Kier alpha value is -3.42. The summed E-state index contributed by atoms with van der Waals surface area (Å²) >= 11 is 0. The quantitative estimate of drug-likeness (QED) is 0.695. The Labute approximate surface area is 155 Å². The maximum absolute atomic E-state index is 12.2. The molecule has 1 fully saturated rings. The minimum Gasteiger partial charge on any atom is -0.467 e. The van der Waals surface area contributed by atoms with Gasteiger partial charge in [0, 0.05) is 11.6 Å². The van der Waals surface area contributed by atoms with E-state index in [1.807, 2.05) is 0 Å². The van der Waals surface area contributed by atoms with Crippen LogP contribution in [0.25, 0.3) is 5.69 Å². The van der Waals surface area contributed by atoms with Crippen LogP contribution in [0.2, 0.25) is 0 Å². The molecule has 3 aromatic rings. The van der Waals surface area contributed by atoms with Crippen LogP contribution in [-0.2, 0) is 6.54 Å². The Morgan fingerprint density at radius 3 is 2.63 bits per heavy atom. The third-order valence-corrected chi connectivity index (χ3v) is 4.40. The SMILES string of the molecule is Cc1c(C(=O)NC2CC2)nnn1-c1ccc(C(=O)NCc2ccco2)cc1. The molecule has 1 aliphatic carbocycles. The van der Waals surface area contributed by atoms with Gasteiger partial charge in [0.05, 0.1) is 24.2 Å². The summed E-state index contributed by atoms with van der Waals surface area (Å²) in [4.78, 5) is 24.4. The lowest BCUT2D eigenvalue weighted by molar-refractivity contribution is 0.0938. The van der Waals surface area contributed by atoms with Gasteiger partial charge in [0.1, 0.15) is 5.76 Å². The maximum Gasteiger partial charge on any atom is 0.273 e. The molecule has 138 valence electrons. The first-order valence-corrected chi connectivity index (χ1v) is 8.76. The molecular weight excluding hydrogens is 346 g/mol. The lowest BCUT2D eigenvalue weighted by Gasteiger charge is -2.07. The summed E-state index contributed by atoms with van der Waals surface area (Å²) in [5, 5.41) is 13.8. The number of furan rings is 1. The molecule has 0 atom stereocenters. The molecular formula is C19H19N5O3. The minimum absolute atomic E-state index is 0.197. The predicted octanol–water partition coefficient (Wildman–Crippen LogP) is 1.99. The number of carbonyl (C=O) groups is 2. The Balaban J connectivity index is 1.44. The molecule has 1 aliphatic rings. The number of benzene rings is 1. The summed E-state index contributed by atoms with van der Waals surface area (Å²) < 4.78 is 6.78. The second-order valence-corrected chi connectivity index (χ2v) is 6.49. The van der Waals surface area contributed by atoms with Crippen LogP contribution >= 0.6 is 0 Å². The lowest BCUT2D eigenvalue weighted by Crippen LogP contribution is -2.26. The lowest BCUT2D eigenvalue weighted by atomic mass is 10.2. The third-order valence-electron chi connectivity index (χ3n) is 4.40. The van der Waals surface area contributed by atoms with Crippen molar-refractivity contribution in [3.8, 4) is 5.69 Å². The fraction of sp³-hybridized carbons (Fsp3) is 0.263. The number of nitrogens with zero attached hydrogens (tertiary/aromatic N) is 3. The standard InChI is InChI=1S/C19H19N5O3/c1-12-17(19(26)21-14-6-7-14)22-23-24(12)15-8-4-13(5-9-15)18(25)20-11-16-3-2-10-27-16/h2-5,8-10,14H,6-7,11H2,1H3,(H,20,25)(H,21,26). The number of rotatable bonds is 6. The third kappa shape index (κ3) is 3.74. The zero-order valence-corrected chi connectivity index (χ0v) is 14.8. The molecule has 1 aromatic carbocycles. The highest BCUT2D eigenvalue weighted by Crippen LogP contribution is 2.20. The van der Waals surface area contributed by atoms with Gasteiger partial charge in [-0.2, -0.15) is 0 Å². The van der Waals surface area contributed by atoms with Gasteiger partial charge >= 0.3 is 0 Å². The Kier molecular flexibility index (Phi) is 4.45. The molecule has 4 rings (SSSR count). The molecule has 8 heteroatoms. The number of carbonyl (C=O) groups excluding carboxylic acids is 2. The highest BCUT2D eigenvalue weighted by molar-refractivity contribution is 5.94. The van der Waals surface area contributed by atoms with Gasteiger partial charge in [0.25, 0.3) is 11.8 Å². The summed E-state index contributed by atoms with van der Waals surface area (Å²) in [6, 6.07) is 10.8. The van der Waals surface area contributed by atoms with Gasteiger partial charge in [-0.1, -0.05) is 5.21 Å². The molecule has 2 N–H and O–H groups in total. The van der Waals surface area contributed by atoms with E-state index in [0.717, 1.165) is 18.5 Å². The van der Waals surface area contributed by atoms with Crippen LogP contribution in [-0.4, -0.2) is 32.9 Å². The summed E-state index contributed by atoms with van der Waals surface area (Å²) in [5.41, 5.74) is 2.23. The first-order chi connectivity index (χ1) is 13.1. The zero-order valence-electron chi connectivity index (χ0n) is 14.8. The molecule has 0 spiro atoms. The van der Waals surface area contributed by atoms with E-state index in [0.29, 0.717) is 29.3 Å². The molecule has 0 saturated heterocycles. The van der Waals surface area contributed by atoms with Crippen molar-refractivity contribution in [3.63, 3.8) is 0 Å². The number of nitrogens with one attached hydrogen (secondary N) is 2. The first-order valence-electron chi connectivity index (χ1n) is 8.76. The van der Waals surface area contributed by atoms with Gasteiger partial charge in [-0.3, -0.25) is 9.59 Å². The second kappa shape index (κ2) is 7.06. The van der Waals surface area contributed by atoms with Gasteiger partial charge in [-0.25, -0.2) is 4.68 Å². The van der Waals surface area contributed by atoms with Gasteiger partial charge in [-0.15, -0.1) is 5.10 Å². The summed E-state index contributed by atoms with van der Waals surface area (Å²) in [6.07, 6.45) is 3.60. The molecule has 0 aliphatic heterocycles. The average Bonchev–Trinajstić information content (AvgIpc) is 3.18. The van der Waals surface area contributed by atoms with Crippen LogP contribution in [0.1, 0.15) is 45.1 Å². The van der Waals surface area contributed by atoms with Crippen molar-refractivity contribution < 1.29 is 14.0 Å². The largest absolute Gasteiger partial charge is 0.467 e. The highest BCUT2D eigenvalue weighted by atomic mass is 16.3. The number of amides is 2. The molecule has 1 saturated carbocycles. The van der Waals surface area contributed by atoms with E-state index in [1.54, 1.807) is 54.3 Å². The van der Waals surface area contributed by atoms with E-state index in [-0.39, 0.29) is 17.9 Å². The van der Waals surface area contributed by atoms with Crippen LogP contribution in [0.5, 0.6) is 0 Å². The van der Waals surface area contributed by atoms with Crippen molar-refractivity contribution in [3.05, 3.63) is 65.4 Å². The van der Waals surface area contributed by atoms with Crippen LogP contribution in [0, 0.1) is 6.92 Å². The highest BCUT2D eigenvalue weighted by Gasteiger charge is 2.26. The average molecular weight is 365 g/mol. The summed E-state index contributed by atoms with van der Waals surface area (Å²) in [5.74, 6) is 0.295. The van der Waals surface area contributed by atoms with Crippen LogP contribution in [0.15, 0.2) is 47.1 Å². The fourth-order valence-electron chi connectivity index (χ4n) is 2.70. The van der Waals surface area contributed by atoms with Crippen molar-refractivity contribution in [1.82, 2.24) is 25.6 Å². The van der Waals surface area contributed by atoms with Gasteiger partial charge in [0.15, 0.2) is 5.69 Å². The molecule has 2 heterocycles. The monoisotopic (exact) mass is 365 g/mol. The fourth-order valence-corrected chi connectivity index (χ4v) is 2.70. The summed E-state index contributed by atoms with van der Waals surface area (Å²) in [7, 11) is 0. The Morgan fingerprint density at radius 1 is 1.19 bits per heavy atom. The Bertz CT molecular complexity index is 956. The molecule has 0 bridgehead atoms. The van der Waals surface area contributed by atoms with E-state index in [9.17, 15) is 9.59 Å². The summed E-state index contributed by atoms with van der Waals surface area (Å²) in [6.45, 7) is 2.13. The smallest absolute Gasteiger partial charge is 0.273 e. The van der Waals surface area contributed by atoms with Crippen LogP contribution in [0.3, 0.4) is 0 Å². The first kappa shape index (κ1) is 17.0. The van der Waals surface area contributed by atoms with E-state index in [4.69, 9.17) is 4.42 Å². The van der Waals surface area contributed by atoms with Crippen molar-refractivity contribution in [2.75, 3.05) is 0 Å². The van der Waals surface area contributed by atoms with Crippen molar-refractivity contribution >= 4 is 11.8 Å². The normalized spacial score (nSPS) is 13.4. The van der Waals surface area contributed by atoms with Crippen LogP contribution in [0.4, 0.5) is 0 Å². The second-order valence-electron chi connectivity index (χ2n) is 6.49. The van der Waals surface area contributed by atoms with Gasteiger partial charge in [-0.05, 0) is 56.2 Å². The molecule has 0 unspecified atom stereocenters. The van der Waals surface area contributed by atoms with Crippen molar-refractivity contribution in [2.24, 2.45) is 0 Å². The number of hydrogen-bond acceptors (Lipinski definition) is 5. The van der Waals surface area contributed by atoms with E-state index >= 15 is 0 Å². The molecule has 8 nitrogen and oxygen atoms in total. The molecule has 0 radical (unpaired) electrons. The molecule has 2 aromatic heterocycles. The Morgan fingerprint density at radius 2 is 1.96 bits per heavy atom. The van der Waals surface area contributed by atoms with E-state index in [2.05, 4.69) is 20.9 Å². The van der Waals surface area contributed by atoms with E-state index in [1.165, 1.54) is 0 Å². The number of aromatic nitrogens is 3. The predicted molar refractivity (Wildman–Crippen MR) is 96.5 cm³/mol.